The first-order valence-electron chi connectivity index (χ1n) is 6.62. The van der Waals surface area contributed by atoms with E-state index in [-0.39, 0.29) is 0 Å². The van der Waals surface area contributed by atoms with Crippen LogP contribution in [0.3, 0.4) is 0 Å². The molecule has 0 saturated heterocycles. The van der Waals surface area contributed by atoms with Crippen molar-refractivity contribution in [2.24, 2.45) is 0 Å². The van der Waals surface area contributed by atoms with Crippen LogP contribution in [-0.2, 0) is 6.42 Å². The second kappa shape index (κ2) is 5.01. The van der Waals surface area contributed by atoms with E-state index in [0.29, 0.717) is 6.04 Å². The van der Waals surface area contributed by atoms with Crippen LogP contribution >= 0.6 is 0 Å². The molecule has 2 atom stereocenters. The molecule has 1 N–H and O–H groups in total. The van der Waals surface area contributed by atoms with Gasteiger partial charge in [0.25, 0.3) is 0 Å². The Hall–Kier alpha value is -0.820. The van der Waals surface area contributed by atoms with Crippen LogP contribution in [0.25, 0.3) is 0 Å². The first-order valence-corrected chi connectivity index (χ1v) is 6.62. The Morgan fingerprint density at radius 3 is 2.75 bits per heavy atom. The molecule has 2 unspecified atom stereocenters. The van der Waals surface area contributed by atoms with Gasteiger partial charge in [0, 0.05) is 6.04 Å². The van der Waals surface area contributed by atoms with E-state index in [9.17, 15) is 0 Å². The summed E-state index contributed by atoms with van der Waals surface area (Å²) in [5.41, 5.74) is 4.62. The lowest BCUT2D eigenvalue weighted by Gasteiger charge is -2.13. The van der Waals surface area contributed by atoms with E-state index in [4.69, 9.17) is 0 Å². The molecule has 0 radical (unpaired) electrons. The maximum absolute atomic E-state index is 3.60. The number of rotatable bonds is 4. The summed E-state index contributed by atoms with van der Waals surface area (Å²) in [6.07, 6.45) is 3.71. The molecule has 0 heterocycles. The smallest absolute Gasteiger partial charge is 0.0328 e. The molecule has 1 nitrogen and oxygen atoms in total. The number of hydrogen-bond donors (Lipinski definition) is 1. The van der Waals surface area contributed by atoms with E-state index in [0.717, 1.165) is 12.5 Å². The molecule has 0 aromatic heterocycles. The van der Waals surface area contributed by atoms with Crippen LogP contribution < -0.4 is 5.32 Å². The average molecular weight is 217 g/mol. The summed E-state index contributed by atoms with van der Waals surface area (Å²) in [7, 11) is 0. The van der Waals surface area contributed by atoms with Crippen molar-refractivity contribution in [2.75, 3.05) is 6.54 Å². The van der Waals surface area contributed by atoms with Gasteiger partial charge in [0.2, 0.25) is 0 Å². The molecule has 0 spiro atoms. The zero-order chi connectivity index (χ0) is 11.5. The molecule has 0 saturated carbocycles. The highest BCUT2D eigenvalue weighted by Crippen LogP contribution is 2.40. The third-order valence-electron chi connectivity index (χ3n) is 3.64. The maximum atomic E-state index is 3.60. The quantitative estimate of drug-likeness (QED) is 0.809. The van der Waals surface area contributed by atoms with Crippen LogP contribution in [0.2, 0.25) is 0 Å². The van der Waals surface area contributed by atoms with Gasteiger partial charge < -0.3 is 5.32 Å². The molecule has 1 aromatic rings. The van der Waals surface area contributed by atoms with E-state index < -0.39 is 0 Å². The minimum absolute atomic E-state index is 0.590. The van der Waals surface area contributed by atoms with Gasteiger partial charge in [-0.3, -0.25) is 0 Å². The Balaban J connectivity index is 2.28. The van der Waals surface area contributed by atoms with Gasteiger partial charge in [0.05, 0.1) is 0 Å². The van der Waals surface area contributed by atoms with Gasteiger partial charge in [0.15, 0.2) is 0 Å². The Bertz CT molecular complexity index is 356. The van der Waals surface area contributed by atoms with Crippen LogP contribution in [0, 0.1) is 0 Å². The predicted octanol–water partition coefficient (Wildman–Crippen LogP) is 3.80. The summed E-state index contributed by atoms with van der Waals surface area (Å²) in [4.78, 5) is 0. The number of benzene rings is 1. The van der Waals surface area contributed by atoms with Crippen molar-refractivity contribution in [2.45, 2.75) is 52.0 Å². The minimum atomic E-state index is 0.590. The van der Waals surface area contributed by atoms with Gasteiger partial charge in [0.1, 0.15) is 0 Å². The number of aryl methyl sites for hydroxylation is 1. The summed E-state index contributed by atoms with van der Waals surface area (Å²) >= 11 is 0. The summed E-state index contributed by atoms with van der Waals surface area (Å²) in [5, 5.41) is 3.60. The lowest BCUT2D eigenvalue weighted by Crippen LogP contribution is -2.18. The summed E-state index contributed by atoms with van der Waals surface area (Å²) < 4.78 is 0. The molecular weight excluding hydrogens is 194 g/mol. The zero-order valence-electron chi connectivity index (χ0n) is 10.7. The van der Waals surface area contributed by atoms with Crippen LogP contribution in [0.1, 0.15) is 62.3 Å². The number of nitrogens with one attached hydrogen (secondary N) is 1. The van der Waals surface area contributed by atoms with Crippen molar-refractivity contribution in [1.29, 1.82) is 0 Å². The number of fused-ring (bicyclic) bond motifs is 1. The van der Waals surface area contributed by atoms with E-state index >= 15 is 0 Å². The zero-order valence-corrected chi connectivity index (χ0v) is 10.7. The Morgan fingerprint density at radius 2 is 2.06 bits per heavy atom. The third kappa shape index (κ3) is 2.15. The average Bonchev–Trinajstić information content (AvgIpc) is 2.57. The van der Waals surface area contributed by atoms with Gasteiger partial charge in [-0.2, -0.15) is 0 Å². The molecule has 0 aliphatic heterocycles. The molecule has 0 fully saturated rings. The lowest BCUT2D eigenvalue weighted by molar-refractivity contribution is 0.521. The van der Waals surface area contributed by atoms with Gasteiger partial charge >= 0.3 is 0 Å². The third-order valence-corrected chi connectivity index (χ3v) is 3.64. The molecule has 1 aliphatic rings. The first-order chi connectivity index (χ1) is 7.76. The monoisotopic (exact) mass is 217 g/mol. The normalized spacial score (nSPS) is 23.4. The standard InChI is InChI=1S/C15H23N/c1-4-6-12-7-8-13-11(3)9-15(16-5-2)14(13)10-12/h7-8,10-11,15-16H,4-6,9H2,1-3H3. The fourth-order valence-corrected chi connectivity index (χ4v) is 2.87. The van der Waals surface area contributed by atoms with Crippen LogP contribution in [0.15, 0.2) is 18.2 Å². The van der Waals surface area contributed by atoms with Gasteiger partial charge in [-0.1, -0.05) is 45.4 Å². The second-order valence-corrected chi connectivity index (χ2v) is 4.96. The maximum Gasteiger partial charge on any atom is 0.0328 e. The highest BCUT2D eigenvalue weighted by atomic mass is 14.9. The fourth-order valence-electron chi connectivity index (χ4n) is 2.87. The van der Waals surface area contributed by atoms with Crippen LogP contribution in [-0.4, -0.2) is 6.54 Å². The van der Waals surface area contributed by atoms with E-state index in [1.165, 1.54) is 24.8 Å². The highest BCUT2D eigenvalue weighted by molar-refractivity contribution is 5.40. The highest BCUT2D eigenvalue weighted by Gasteiger charge is 2.27. The largest absolute Gasteiger partial charge is 0.310 e. The summed E-state index contributed by atoms with van der Waals surface area (Å²) in [6.45, 7) is 7.85. The minimum Gasteiger partial charge on any atom is -0.310 e. The van der Waals surface area contributed by atoms with Crippen molar-refractivity contribution in [3.05, 3.63) is 34.9 Å². The fraction of sp³-hybridized carbons (Fsp3) is 0.600. The van der Waals surface area contributed by atoms with Gasteiger partial charge in [-0.05, 0) is 42.0 Å². The molecule has 2 rings (SSSR count). The number of hydrogen-bond acceptors (Lipinski definition) is 1. The van der Waals surface area contributed by atoms with Crippen molar-refractivity contribution in [1.82, 2.24) is 5.32 Å². The van der Waals surface area contributed by atoms with Crippen molar-refractivity contribution in [3.8, 4) is 0 Å². The summed E-state index contributed by atoms with van der Waals surface area (Å²) in [5.74, 6) is 0.717. The molecular formula is C15H23N. The molecule has 88 valence electrons. The molecule has 0 amide bonds. The Kier molecular flexibility index (Phi) is 3.65. The second-order valence-electron chi connectivity index (χ2n) is 4.96. The molecule has 1 heteroatoms. The van der Waals surface area contributed by atoms with E-state index in [2.05, 4.69) is 44.3 Å². The van der Waals surface area contributed by atoms with Gasteiger partial charge in [-0.25, -0.2) is 0 Å². The molecule has 0 bridgehead atoms. The Labute approximate surface area is 99.3 Å². The van der Waals surface area contributed by atoms with Crippen molar-refractivity contribution in [3.63, 3.8) is 0 Å². The van der Waals surface area contributed by atoms with Gasteiger partial charge in [-0.15, -0.1) is 0 Å². The molecule has 16 heavy (non-hydrogen) atoms. The Morgan fingerprint density at radius 1 is 1.25 bits per heavy atom. The van der Waals surface area contributed by atoms with Crippen LogP contribution in [0.5, 0.6) is 0 Å². The SMILES string of the molecule is CCCc1ccc2c(c1)C(NCC)CC2C. The van der Waals surface area contributed by atoms with Crippen LogP contribution in [0.4, 0.5) is 0 Å². The molecule has 1 aliphatic carbocycles. The van der Waals surface area contributed by atoms with Crippen molar-refractivity contribution < 1.29 is 0 Å². The summed E-state index contributed by atoms with van der Waals surface area (Å²) in [6, 6.07) is 7.68. The topological polar surface area (TPSA) is 12.0 Å². The predicted molar refractivity (Wildman–Crippen MR) is 69.9 cm³/mol. The molecule has 1 aromatic carbocycles. The lowest BCUT2D eigenvalue weighted by atomic mass is 9.99. The van der Waals surface area contributed by atoms with Crippen molar-refractivity contribution >= 4 is 0 Å². The van der Waals surface area contributed by atoms with E-state index in [1.54, 1.807) is 11.1 Å². The van der Waals surface area contributed by atoms with E-state index in [1.807, 2.05) is 0 Å². The first kappa shape index (κ1) is 11.7.